The molecule has 294 valence electrons. The number of amides is 2. The highest BCUT2D eigenvalue weighted by Gasteiger charge is 2.50. The fourth-order valence-corrected chi connectivity index (χ4v) is 20.3. The van der Waals surface area contributed by atoms with Gasteiger partial charge in [-0.1, -0.05) is 166 Å². The topological polar surface area (TPSA) is 37.4 Å². The molecule has 3 nitrogen and oxygen atoms in total. The zero-order valence-electron chi connectivity index (χ0n) is 35.2. The maximum Gasteiger partial charge on any atom is 0.263 e. The second-order valence-electron chi connectivity index (χ2n) is 18.5. The van der Waals surface area contributed by atoms with Crippen molar-refractivity contribution in [3.8, 4) is 19.5 Å². The van der Waals surface area contributed by atoms with Gasteiger partial charge in [0.05, 0.1) is 16.0 Å². The van der Waals surface area contributed by atoms with Gasteiger partial charge in [-0.3, -0.25) is 14.5 Å². The van der Waals surface area contributed by atoms with Gasteiger partial charge in [0.15, 0.2) is 0 Å². The lowest BCUT2D eigenvalue weighted by molar-refractivity contribution is 0.0650. The minimum Gasteiger partial charge on any atom is -0.274 e. The number of imide groups is 1. The zero-order valence-corrected chi connectivity index (χ0v) is 38.6. The predicted octanol–water partition coefficient (Wildman–Crippen LogP) is 14.2. The average Bonchev–Trinajstić information content (AvgIpc) is 3.91. The van der Waals surface area contributed by atoms with E-state index in [1.165, 1.54) is 117 Å². The van der Waals surface area contributed by atoms with Crippen LogP contribution in [0.25, 0.3) is 19.5 Å². The van der Waals surface area contributed by atoms with Crippen molar-refractivity contribution in [1.82, 2.24) is 4.90 Å². The molecule has 0 spiro atoms. The minimum absolute atomic E-state index is 0.0538. The Labute approximate surface area is 336 Å². The fourth-order valence-electron chi connectivity index (χ4n) is 8.85. The van der Waals surface area contributed by atoms with Crippen molar-refractivity contribution in [3.63, 3.8) is 0 Å². The molecule has 0 N–H and O–H groups in total. The number of fused-ring (bicyclic) bond motifs is 4. The van der Waals surface area contributed by atoms with E-state index in [2.05, 4.69) is 92.7 Å². The third-order valence-electron chi connectivity index (χ3n) is 12.0. The van der Waals surface area contributed by atoms with Gasteiger partial charge in [0.2, 0.25) is 0 Å². The van der Waals surface area contributed by atoms with Crippen LogP contribution in [-0.2, 0) is 10.8 Å². The van der Waals surface area contributed by atoms with Crippen molar-refractivity contribution in [2.45, 2.75) is 195 Å². The number of hydrogen-bond acceptors (Lipinski definition) is 5. The Hall–Kier alpha value is -1.54. The second kappa shape index (κ2) is 18.2. The van der Waals surface area contributed by atoms with Crippen LogP contribution in [0.2, 0.25) is 12.1 Å². The molecule has 2 aliphatic heterocycles. The van der Waals surface area contributed by atoms with Gasteiger partial charge >= 0.3 is 0 Å². The van der Waals surface area contributed by atoms with Crippen LogP contribution in [0.5, 0.6) is 0 Å². The standard InChI is InChI=1S/C46H71NO2S3Si/c1-11-15-18-20-22-24-27-47-43(48)37-38(44(47)49)42(46(8,9)10)52-39(37)33-29-34-40(50-33)41-35(30-36(51-41)45(5,6)7)53(34,28-25-23-21-19-16-12-2)31-32(14-4)26-17-13-3/h29-30,32H,11-28,31H2,1-10H3. The van der Waals surface area contributed by atoms with Crippen molar-refractivity contribution in [2.24, 2.45) is 5.92 Å². The second-order valence-corrected chi connectivity index (χ2v) is 25.7. The van der Waals surface area contributed by atoms with Gasteiger partial charge in [-0.25, -0.2) is 0 Å². The molecule has 2 unspecified atom stereocenters. The van der Waals surface area contributed by atoms with Crippen LogP contribution in [0.4, 0.5) is 0 Å². The molecule has 5 heterocycles. The van der Waals surface area contributed by atoms with E-state index >= 15 is 0 Å². The van der Waals surface area contributed by atoms with Gasteiger partial charge in [-0.05, 0) is 57.8 Å². The first-order valence-electron chi connectivity index (χ1n) is 21.6. The van der Waals surface area contributed by atoms with Crippen molar-refractivity contribution < 1.29 is 9.59 Å². The van der Waals surface area contributed by atoms with Crippen LogP contribution in [0.15, 0.2) is 12.1 Å². The minimum atomic E-state index is -2.11. The quantitative estimate of drug-likeness (QED) is 0.0612. The van der Waals surface area contributed by atoms with E-state index in [0.717, 1.165) is 28.5 Å². The first-order chi connectivity index (χ1) is 25.2. The van der Waals surface area contributed by atoms with Gasteiger partial charge < -0.3 is 0 Å². The summed E-state index contributed by atoms with van der Waals surface area (Å²) in [6.07, 6.45) is 20.0. The first kappa shape index (κ1) is 42.6. The maximum atomic E-state index is 14.4. The van der Waals surface area contributed by atoms with Crippen LogP contribution < -0.4 is 10.4 Å². The lowest BCUT2D eigenvalue weighted by Gasteiger charge is -2.33. The van der Waals surface area contributed by atoms with Crippen molar-refractivity contribution in [1.29, 1.82) is 0 Å². The number of nitrogens with zero attached hydrogens (tertiary/aromatic N) is 1. The molecule has 0 aromatic carbocycles. The van der Waals surface area contributed by atoms with Crippen molar-refractivity contribution in [2.75, 3.05) is 6.54 Å². The van der Waals surface area contributed by atoms with E-state index in [9.17, 15) is 9.59 Å². The summed E-state index contributed by atoms with van der Waals surface area (Å²) in [6, 6.07) is 7.92. The monoisotopic (exact) mass is 793 g/mol. The smallest absolute Gasteiger partial charge is 0.263 e. The van der Waals surface area contributed by atoms with Crippen LogP contribution in [-0.4, -0.2) is 31.3 Å². The molecule has 2 amide bonds. The highest BCUT2D eigenvalue weighted by Crippen LogP contribution is 2.52. The van der Waals surface area contributed by atoms with Crippen LogP contribution in [0.3, 0.4) is 0 Å². The Kier molecular flexibility index (Phi) is 14.6. The number of carbonyl (C=O) groups excluding carboxylic acids is 2. The van der Waals surface area contributed by atoms with E-state index < -0.39 is 8.07 Å². The third-order valence-corrected chi connectivity index (χ3v) is 22.4. The Bertz CT molecular complexity index is 1700. The molecule has 2 aliphatic rings. The molecule has 5 rings (SSSR count). The molecule has 3 aromatic heterocycles. The van der Waals surface area contributed by atoms with Crippen molar-refractivity contribution >= 4 is 64.3 Å². The molecule has 0 aliphatic carbocycles. The Morgan fingerprint density at radius 2 is 1.19 bits per heavy atom. The number of carbonyl (C=O) groups is 2. The Morgan fingerprint density at radius 1 is 0.623 bits per heavy atom. The third kappa shape index (κ3) is 9.04. The zero-order chi connectivity index (χ0) is 38.6. The van der Waals surface area contributed by atoms with Gasteiger partial charge in [0, 0.05) is 30.9 Å². The van der Waals surface area contributed by atoms with Crippen molar-refractivity contribution in [3.05, 3.63) is 33.0 Å². The lowest BCUT2D eigenvalue weighted by Crippen LogP contribution is -2.55. The van der Waals surface area contributed by atoms with E-state index in [-0.39, 0.29) is 22.6 Å². The van der Waals surface area contributed by atoms with E-state index in [4.69, 9.17) is 0 Å². The van der Waals surface area contributed by atoms with Gasteiger partial charge in [-0.2, -0.15) is 0 Å². The van der Waals surface area contributed by atoms with E-state index in [1.807, 2.05) is 11.3 Å². The molecule has 0 radical (unpaired) electrons. The van der Waals surface area contributed by atoms with Gasteiger partial charge in [0.25, 0.3) is 11.8 Å². The number of hydrogen-bond donors (Lipinski definition) is 0. The van der Waals surface area contributed by atoms with Gasteiger partial charge in [-0.15, -0.1) is 34.0 Å². The van der Waals surface area contributed by atoms with E-state index in [0.29, 0.717) is 17.7 Å². The van der Waals surface area contributed by atoms with Gasteiger partial charge in [0.1, 0.15) is 8.07 Å². The molecule has 3 aromatic rings. The molecule has 0 saturated carbocycles. The highest BCUT2D eigenvalue weighted by atomic mass is 32.1. The normalized spacial score (nSPS) is 17.6. The number of thiophene rings is 3. The summed E-state index contributed by atoms with van der Waals surface area (Å²) < 4.78 is 0. The molecular formula is C46H71NO2S3Si. The summed E-state index contributed by atoms with van der Waals surface area (Å²) >= 11 is 5.74. The molecule has 7 heteroatoms. The Balaban J connectivity index is 1.61. The summed E-state index contributed by atoms with van der Waals surface area (Å²) in [5, 5.41) is 3.38. The first-order valence-corrected chi connectivity index (χ1v) is 26.4. The largest absolute Gasteiger partial charge is 0.274 e. The summed E-state index contributed by atoms with van der Waals surface area (Å²) in [4.78, 5) is 38.1. The summed E-state index contributed by atoms with van der Waals surface area (Å²) in [5.74, 6) is 0.635. The van der Waals surface area contributed by atoms with E-state index in [1.54, 1.807) is 31.5 Å². The van der Waals surface area contributed by atoms with Crippen LogP contribution >= 0.6 is 34.0 Å². The molecule has 0 saturated heterocycles. The lowest BCUT2D eigenvalue weighted by atomic mass is 9.90. The van der Waals surface area contributed by atoms with Crippen LogP contribution in [0, 0.1) is 5.92 Å². The summed E-state index contributed by atoms with van der Waals surface area (Å²) in [5.41, 5.74) is 1.31. The molecular weight excluding hydrogens is 723 g/mol. The Morgan fingerprint density at radius 3 is 1.79 bits per heavy atom. The number of unbranched alkanes of at least 4 members (excludes halogenated alkanes) is 11. The molecule has 2 atom stereocenters. The summed E-state index contributed by atoms with van der Waals surface area (Å²) in [7, 11) is -2.11. The predicted molar refractivity (Wildman–Crippen MR) is 238 cm³/mol. The molecule has 0 fully saturated rings. The molecule has 53 heavy (non-hydrogen) atoms. The number of rotatable bonds is 21. The maximum absolute atomic E-state index is 14.4. The summed E-state index contributed by atoms with van der Waals surface area (Å²) in [6.45, 7) is 23.6. The molecule has 0 bridgehead atoms. The fraction of sp³-hybridized carbons (Fsp3) is 0.696. The van der Waals surface area contributed by atoms with Crippen LogP contribution in [0.1, 0.15) is 202 Å². The SMILES string of the molecule is CCCCCCCCN1C(=O)c2c(-c3cc4c(s3)-c3sc(C(C)(C)C)cc3[Si]4(CCCCCCCC)CC(CC)CCCC)sc(C(C)(C)C)c2C1=O. The average molecular weight is 794 g/mol. The highest BCUT2D eigenvalue weighted by molar-refractivity contribution is 7.32.